The molecule has 0 atom stereocenters. The minimum atomic E-state index is -0.355. The van der Waals surface area contributed by atoms with Crippen LogP contribution < -0.4 is 5.32 Å². The molecule has 0 unspecified atom stereocenters. The molecule has 78 valence electrons. The Morgan fingerprint density at radius 2 is 2.14 bits per heavy atom. The lowest BCUT2D eigenvalue weighted by atomic mass is 10.3. The highest BCUT2D eigenvalue weighted by Crippen LogP contribution is 1.88. The summed E-state index contributed by atoms with van der Waals surface area (Å²) in [5.41, 5.74) is 0.421. The van der Waals surface area contributed by atoms with E-state index in [0.717, 1.165) is 0 Å². The van der Waals surface area contributed by atoms with Gasteiger partial charge < -0.3 is 10.1 Å². The van der Waals surface area contributed by atoms with E-state index in [1.165, 1.54) is 6.08 Å². The number of amides is 1. The van der Waals surface area contributed by atoms with Crippen LogP contribution in [0, 0.1) is 0 Å². The van der Waals surface area contributed by atoms with E-state index >= 15 is 0 Å². The maximum atomic E-state index is 11.0. The molecule has 0 aliphatic carbocycles. The van der Waals surface area contributed by atoms with E-state index < -0.39 is 0 Å². The van der Waals surface area contributed by atoms with Crippen LogP contribution >= 0.6 is 0 Å². The third kappa shape index (κ3) is 5.99. The third-order valence-corrected chi connectivity index (χ3v) is 1.36. The van der Waals surface area contributed by atoms with Crippen molar-refractivity contribution in [1.82, 2.24) is 5.32 Å². The van der Waals surface area contributed by atoms with Crippen LogP contribution in [0.5, 0.6) is 0 Å². The average Bonchev–Trinajstić information content (AvgIpc) is 2.14. The van der Waals surface area contributed by atoms with Crippen LogP contribution in [0.3, 0.4) is 0 Å². The van der Waals surface area contributed by atoms with Crippen LogP contribution in [0.1, 0.15) is 13.3 Å². The van der Waals surface area contributed by atoms with Crippen LogP contribution in [0.25, 0.3) is 0 Å². The molecule has 0 aliphatic heterocycles. The van der Waals surface area contributed by atoms with E-state index in [2.05, 4.69) is 18.5 Å². The van der Waals surface area contributed by atoms with Crippen LogP contribution in [-0.2, 0) is 14.3 Å². The van der Waals surface area contributed by atoms with E-state index in [1.807, 2.05) is 0 Å². The second kappa shape index (κ2) is 6.88. The van der Waals surface area contributed by atoms with Gasteiger partial charge >= 0.3 is 5.97 Å². The molecule has 0 radical (unpaired) electrons. The van der Waals surface area contributed by atoms with Crippen molar-refractivity contribution in [3.63, 3.8) is 0 Å². The van der Waals surface area contributed by atoms with E-state index in [4.69, 9.17) is 4.74 Å². The molecule has 0 fully saturated rings. The van der Waals surface area contributed by atoms with Crippen LogP contribution in [0.4, 0.5) is 0 Å². The lowest BCUT2D eigenvalue weighted by Crippen LogP contribution is -2.26. The van der Waals surface area contributed by atoms with Crippen LogP contribution in [-0.4, -0.2) is 25.0 Å². The van der Waals surface area contributed by atoms with Crippen molar-refractivity contribution >= 4 is 11.9 Å². The van der Waals surface area contributed by atoms with Crippen LogP contribution in [0.15, 0.2) is 24.8 Å². The van der Waals surface area contributed by atoms with Gasteiger partial charge in [-0.1, -0.05) is 19.2 Å². The Morgan fingerprint density at radius 1 is 1.50 bits per heavy atom. The maximum Gasteiger partial charge on any atom is 0.307 e. The van der Waals surface area contributed by atoms with Crippen molar-refractivity contribution in [3.8, 4) is 0 Å². The third-order valence-electron chi connectivity index (χ3n) is 1.36. The maximum absolute atomic E-state index is 11.0. The standard InChI is InChI=1S/C10H15NO3/c1-4-7-14-9(12)5-6-11-10(13)8(2)3/h4H,1-2,5-7H2,3H3,(H,11,13). The summed E-state index contributed by atoms with van der Waals surface area (Å²) >= 11 is 0. The molecule has 0 bridgehead atoms. The average molecular weight is 197 g/mol. The van der Waals surface area contributed by atoms with Crippen molar-refractivity contribution in [2.75, 3.05) is 13.2 Å². The number of esters is 1. The number of nitrogens with one attached hydrogen (secondary N) is 1. The summed E-state index contributed by atoms with van der Waals surface area (Å²) in [7, 11) is 0. The first-order valence-corrected chi connectivity index (χ1v) is 4.28. The minimum Gasteiger partial charge on any atom is -0.461 e. The van der Waals surface area contributed by atoms with Gasteiger partial charge in [0, 0.05) is 12.1 Å². The first-order valence-electron chi connectivity index (χ1n) is 4.28. The first-order chi connectivity index (χ1) is 6.57. The van der Waals surface area contributed by atoms with Crippen molar-refractivity contribution in [1.29, 1.82) is 0 Å². The van der Waals surface area contributed by atoms with Gasteiger partial charge in [0.25, 0.3) is 0 Å². The molecule has 0 rings (SSSR count). The Labute approximate surface area is 83.6 Å². The summed E-state index contributed by atoms with van der Waals surface area (Å²) in [5.74, 6) is -0.603. The zero-order chi connectivity index (χ0) is 11.0. The van der Waals surface area contributed by atoms with E-state index in [9.17, 15) is 9.59 Å². The molecular weight excluding hydrogens is 182 g/mol. The number of carbonyl (C=O) groups is 2. The molecule has 0 aromatic rings. The molecule has 4 heteroatoms. The highest BCUT2D eigenvalue weighted by atomic mass is 16.5. The summed E-state index contributed by atoms with van der Waals surface area (Å²) in [4.78, 5) is 21.9. The van der Waals surface area contributed by atoms with Crippen molar-refractivity contribution in [2.24, 2.45) is 0 Å². The predicted octanol–water partition coefficient (Wildman–Crippen LogP) is 0.798. The van der Waals surface area contributed by atoms with E-state index in [1.54, 1.807) is 6.92 Å². The van der Waals surface area contributed by atoms with Crippen molar-refractivity contribution in [2.45, 2.75) is 13.3 Å². The van der Waals surface area contributed by atoms with E-state index in [0.29, 0.717) is 5.57 Å². The highest BCUT2D eigenvalue weighted by Gasteiger charge is 2.04. The highest BCUT2D eigenvalue weighted by molar-refractivity contribution is 5.92. The molecule has 1 N–H and O–H groups in total. The normalized spacial score (nSPS) is 8.93. The molecule has 0 saturated heterocycles. The summed E-state index contributed by atoms with van der Waals surface area (Å²) < 4.78 is 4.70. The van der Waals surface area contributed by atoms with Gasteiger partial charge in [0.2, 0.25) is 5.91 Å². The smallest absolute Gasteiger partial charge is 0.307 e. The van der Waals surface area contributed by atoms with Gasteiger partial charge in [0.05, 0.1) is 6.42 Å². The fourth-order valence-electron chi connectivity index (χ4n) is 0.653. The summed E-state index contributed by atoms with van der Waals surface area (Å²) in [5, 5.41) is 2.52. The molecule has 0 spiro atoms. The minimum absolute atomic E-state index is 0.160. The quantitative estimate of drug-likeness (QED) is 0.389. The van der Waals surface area contributed by atoms with Gasteiger partial charge in [-0.25, -0.2) is 0 Å². The van der Waals surface area contributed by atoms with Gasteiger partial charge in [0.1, 0.15) is 6.61 Å². The largest absolute Gasteiger partial charge is 0.461 e. The van der Waals surface area contributed by atoms with Gasteiger partial charge in [-0.05, 0) is 6.92 Å². The Hall–Kier alpha value is -1.58. The zero-order valence-corrected chi connectivity index (χ0v) is 8.34. The lowest BCUT2D eigenvalue weighted by Gasteiger charge is -2.04. The number of ether oxygens (including phenoxy) is 1. The number of carbonyl (C=O) groups excluding carboxylic acids is 2. The second-order valence-corrected chi connectivity index (χ2v) is 2.76. The molecule has 0 saturated carbocycles. The molecule has 0 aromatic heterocycles. The number of hydrogen-bond donors (Lipinski definition) is 1. The molecule has 0 aliphatic rings. The summed E-state index contributed by atoms with van der Waals surface area (Å²) in [6.45, 7) is 8.94. The topological polar surface area (TPSA) is 55.4 Å². The molecular formula is C10H15NO3. The Kier molecular flexibility index (Phi) is 6.11. The first kappa shape index (κ1) is 12.4. The summed E-state index contributed by atoms with van der Waals surface area (Å²) in [6, 6.07) is 0. The molecule has 14 heavy (non-hydrogen) atoms. The predicted molar refractivity (Wildman–Crippen MR) is 53.6 cm³/mol. The molecule has 4 nitrogen and oxygen atoms in total. The molecule has 1 amide bonds. The van der Waals surface area contributed by atoms with Crippen molar-refractivity contribution in [3.05, 3.63) is 24.8 Å². The molecule has 0 heterocycles. The van der Waals surface area contributed by atoms with Gasteiger partial charge in [0.15, 0.2) is 0 Å². The Bertz CT molecular complexity index is 246. The van der Waals surface area contributed by atoms with Gasteiger partial charge in [-0.2, -0.15) is 0 Å². The van der Waals surface area contributed by atoms with Gasteiger partial charge in [-0.15, -0.1) is 0 Å². The van der Waals surface area contributed by atoms with Crippen molar-refractivity contribution < 1.29 is 14.3 Å². The molecule has 0 aromatic carbocycles. The Balaban J connectivity index is 3.53. The second-order valence-electron chi connectivity index (χ2n) is 2.76. The van der Waals surface area contributed by atoms with Crippen LogP contribution in [0.2, 0.25) is 0 Å². The fourth-order valence-corrected chi connectivity index (χ4v) is 0.653. The SMILES string of the molecule is C=CCOC(=O)CCNC(=O)C(=C)C. The summed E-state index contributed by atoms with van der Waals surface area (Å²) in [6.07, 6.45) is 1.65. The fraction of sp³-hybridized carbons (Fsp3) is 0.400. The Morgan fingerprint density at radius 3 is 2.64 bits per heavy atom. The van der Waals surface area contributed by atoms with Gasteiger partial charge in [-0.3, -0.25) is 9.59 Å². The number of hydrogen-bond acceptors (Lipinski definition) is 3. The lowest BCUT2D eigenvalue weighted by molar-refractivity contribution is -0.142. The zero-order valence-electron chi connectivity index (χ0n) is 8.34. The number of rotatable bonds is 6. The van der Waals surface area contributed by atoms with E-state index in [-0.39, 0.29) is 31.4 Å². The monoisotopic (exact) mass is 197 g/mol.